The van der Waals surface area contributed by atoms with Gasteiger partial charge in [0.2, 0.25) is 0 Å². The van der Waals surface area contributed by atoms with E-state index in [1.54, 1.807) is 19.9 Å². The average molecular weight is 282 g/mol. The third-order valence-electron chi connectivity index (χ3n) is 2.24. The van der Waals surface area contributed by atoms with Crippen molar-refractivity contribution in [2.45, 2.75) is 13.8 Å². The van der Waals surface area contributed by atoms with Gasteiger partial charge in [-0.2, -0.15) is 0 Å². The Labute approximate surface area is 114 Å². The first-order chi connectivity index (χ1) is 9.45. The summed E-state index contributed by atoms with van der Waals surface area (Å²) in [4.78, 5) is 32.7. The van der Waals surface area contributed by atoms with Crippen molar-refractivity contribution in [1.29, 1.82) is 0 Å². The van der Waals surface area contributed by atoms with Crippen molar-refractivity contribution in [3.05, 3.63) is 33.9 Å². The van der Waals surface area contributed by atoms with Crippen LogP contribution in [-0.2, 0) is 4.74 Å². The van der Waals surface area contributed by atoms with E-state index in [9.17, 15) is 19.7 Å². The highest BCUT2D eigenvalue weighted by atomic mass is 16.6. The van der Waals surface area contributed by atoms with Crippen LogP contribution in [-0.4, -0.2) is 23.7 Å². The quantitative estimate of drug-likeness (QED) is 0.575. The molecule has 0 aliphatic rings. The summed E-state index contributed by atoms with van der Waals surface area (Å²) >= 11 is 0. The van der Waals surface area contributed by atoms with Crippen LogP contribution in [0.3, 0.4) is 0 Å². The lowest BCUT2D eigenvalue weighted by Crippen LogP contribution is -2.44. The third kappa shape index (κ3) is 4.12. The fourth-order valence-electron chi connectivity index (χ4n) is 1.39. The molecule has 20 heavy (non-hydrogen) atoms. The molecule has 108 valence electrons. The number of nitrogens with zero attached hydrogens (tertiary/aromatic N) is 1. The van der Waals surface area contributed by atoms with Gasteiger partial charge in [-0.1, -0.05) is 12.1 Å². The Kier molecular flexibility index (Phi) is 5.27. The van der Waals surface area contributed by atoms with Crippen LogP contribution in [0.25, 0.3) is 0 Å². The number of hydrogen-bond donors (Lipinski definition) is 3. The first-order valence-corrected chi connectivity index (χ1v) is 5.69. The predicted molar refractivity (Wildman–Crippen MR) is 70.1 cm³/mol. The number of rotatable bonds is 3. The van der Waals surface area contributed by atoms with Crippen LogP contribution in [0.5, 0.6) is 0 Å². The van der Waals surface area contributed by atoms with E-state index in [-0.39, 0.29) is 18.0 Å². The van der Waals surface area contributed by atoms with Crippen LogP contribution in [0, 0.1) is 17.0 Å². The standard InChI is InChI=1S/C11H14N4O5/c1-3-20-11(17)14-13-10(16)12-9-7(2)5-4-6-8(9)15(18)19/h4-6H,3H2,1-2H3,(H,14,17)(H2,12,13,16). The topological polar surface area (TPSA) is 123 Å². The van der Waals surface area contributed by atoms with E-state index < -0.39 is 17.0 Å². The molecular formula is C11H14N4O5. The minimum atomic E-state index is -0.832. The second-order valence-corrected chi connectivity index (χ2v) is 3.65. The second-order valence-electron chi connectivity index (χ2n) is 3.65. The number of aryl methyl sites for hydroxylation is 1. The number of nitrogens with one attached hydrogen (secondary N) is 3. The normalized spacial score (nSPS) is 9.50. The van der Waals surface area contributed by atoms with E-state index in [4.69, 9.17) is 0 Å². The molecule has 9 heteroatoms. The van der Waals surface area contributed by atoms with Crippen LogP contribution in [0.2, 0.25) is 0 Å². The molecule has 0 aliphatic heterocycles. The highest BCUT2D eigenvalue weighted by molar-refractivity contribution is 5.93. The van der Waals surface area contributed by atoms with E-state index in [0.717, 1.165) is 0 Å². The number of carbonyl (C=O) groups excluding carboxylic acids is 2. The van der Waals surface area contributed by atoms with Crippen molar-refractivity contribution < 1.29 is 19.2 Å². The Hall–Kier alpha value is -2.84. The second kappa shape index (κ2) is 6.92. The number of hydrazine groups is 1. The van der Waals surface area contributed by atoms with Crippen LogP contribution >= 0.6 is 0 Å². The van der Waals surface area contributed by atoms with Crippen molar-refractivity contribution in [2.24, 2.45) is 0 Å². The monoisotopic (exact) mass is 282 g/mol. The summed E-state index contributed by atoms with van der Waals surface area (Å²) in [6, 6.07) is 3.56. The molecule has 1 aromatic carbocycles. The number of nitro benzene ring substituents is 1. The number of urea groups is 1. The van der Waals surface area contributed by atoms with Gasteiger partial charge in [0.1, 0.15) is 5.69 Å². The zero-order valence-electron chi connectivity index (χ0n) is 10.9. The Bertz CT molecular complexity index is 532. The SMILES string of the molecule is CCOC(=O)NNC(=O)Nc1c(C)cccc1[N+](=O)[O-]. The minimum Gasteiger partial charge on any atom is -0.449 e. The Morgan fingerprint density at radius 2 is 2.05 bits per heavy atom. The molecule has 0 saturated carbocycles. The average Bonchev–Trinajstić information content (AvgIpc) is 2.39. The minimum absolute atomic E-state index is 0.0562. The molecule has 0 saturated heterocycles. The zero-order valence-corrected chi connectivity index (χ0v) is 10.9. The van der Waals surface area contributed by atoms with Crippen LogP contribution in [0.1, 0.15) is 12.5 Å². The number of benzene rings is 1. The fraction of sp³-hybridized carbons (Fsp3) is 0.273. The van der Waals surface area contributed by atoms with Gasteiger partial charge in [0.15, 0.2) is 0 Å². The molecule has 0 aliphatic carbocycles. The van der Waals surface area contributed by atoms with Gasteiger partial charge in [-0.05, 0) is 19.4 Å². The van der Waals surface area contributed by atoms with Crippen LogP contribution < -0.4 is 16.2 Å². The Balaban J connectivity index is 2.71. The van der Waals surface area contributed by atoms with E-state index in [1.165, 1.54) is 12.1 Å². The first kappa shape index (κ1) is 15.2. The number of anilines is 1. The molecule has 1 aromatic rings. The van der Waals surface area contributed by atoms with Gasteiger partial charge in [0, 0.05) is 6.07 Å². The smallest absolute Gasteiger partial charge is 0.426 e. The van der Waals surface area contributed by atoms with Gasteiger partial charge in [0.05, 0.1) is 11.5 Å². The lowest BCUT2D eigenvalue weighted by Gasteiger charge is -2.10. The van der Waals surface area contributed by atoms with Gasteiger partial charge in [-0.25, -0.2) is 20.4 Å². The van der Waals surface area contributed by atoms with Crippen molar-refractivity contribution >= 4 is 23.5 Å². The highest BCUT2D eigenvalue weighted by Crippen LogP contribution is 2.27. The van der Waals surface area contributed by atoms with Gasteiger partial charge in [-0.3, -0.25) is 10.1 Å². The van der Waals surface area contributed by atoms with Crippen LogP contribution in [0.4, 0.5) is 21.0 Å². The molecule has 0 radical (unpaired) electrons. The highest BCUT2D eigenvalue weighted by Gasteiger charge is 2.17. The maximum absolute atomic E-state index is 11.5. The number of para-hydroxylation sites is 1. The predicted octanol–water partition coefficient (Wildman–Crippen LogP) is 1.69. The van der Waals surface area contributed by atoms with E-state index >= 15 is 0 Å². The van der Waals surface area contributed by atoms with Crippen LogP contribution in [0.15, 0.2) is 18.2 Å². The molecule has 0 unspecified atom stereocenters. The van der Waals surface area contributed by atoms with Crippen molar-refractivity contribution in [3.8, 4) is 0 Å². The molecular weight excluding hydrogens is 268 g/mol. The summed E-state index contributed by atoms with van der Waals surface area (Å²) in [5, 5.41) is 13.1. The summed E-state index contributed by atoms with van der Waals surface area (Å²) in [6.07, 6.45) is -0.832. The summed E-state index contributed by atoms with van der Waals surface area (Å²) < 4.78 is 4.53. The first-order valence-electron chi connectivity index (χ1n) is 5.69. The van der Waals surface area contributed by atoms with Gasteiger partial charge in [0.25, 0.3) is 5.69 Å². The molecule has 3 amide bonds. The molecule has 9 nitrogen and oxygen atoms in total. The molecule has 0 heterocycles. The van der Waals surface area contributed by atoms with E-state index in [0.29, 0.717) is 5.56 Å². The number of amides is 3. The maximum atomic E-state index is 11.5. The Morgan fingerprint density at radius 3 is 2.65 bits per heavy atom. The molecule has 0 fully saturated rings. The molecule has 0 bridgehead atoms. The van der Waals surface area contributed by atoms with E-state index in [2.05, 4.69) is 10.1 Å². The molecule has 3 N–H and O–H groups in total. The van der Waals surface area contributed by atoms with Crippen molar-refractivity contribution in [2.75, 3.05) is 11.9 Å². The molecule has 0 spiro atoms. The summed E-state index contributed by atoms with van der Waals surface area (Å²) in [7, 11) is 0. The number of hydrogen-bond acceptors (Lipinski definition) is 5. The lowest BCUT2D eigenvalue weighted by atomic mass is 10.1. The fourth-order valence-corrected chi connectivity index (χ4v) is 1.39. The molecule has 1 rings (SSSR count). The molecule has 0 atom stereocenters. The largest absolute Gasteiger partial charge is 0.449 e. The number of nitro groups is 1. The van der Waals surface area contributed by atoms with Gasteiger partial charge in [-0.15, -0.1) is 0 Å². The maximum Gasteiger partial charge on any atom is 0.426 e. The van der Waals surface area contributed by atoms with Crippen molar-refractivity contribution in [3.63, 3.8) is 0 Å². The summed E-state index contributed by atoms with van der Waals surface area (Å²) in [5.41, 5.74) is 4.33. The zero-order chi connectivity index (χ0) is 15.1. The number of carbonyl (C=O) groups is 2. The molecule has 0 aromatic heterocycles. The van der Waals surface area contributed by atoms with Gasteiger partial charge < -0.3 is 10.1 Å². The summed E-state index contributed by atoms with van der Waals surface area (Å²) in [6.45, 7) is 3.37. The van der Waals surface area contributed by atoms with Gasteiger partial charge >= 0.3 is 12.1 Å². The van der Waals surface area contributed by atoms with E-state index in [1.807, 2.05) is 10.9 Å². The van der Waals surface area contributed by atoms with Crippen molar-refractivity contribution in [1.82, 2.24) is 10.9 Å². The Morgan fingerprint density at radius 1 is 1.35 bits per heavy atom. The third-order valence-corrected chi connectivity index (χ3v) is 2.24. The number of ether oxygens (including phenoxy) is 1. The lowest BCUT2D eigenvalue weighted by molar-refractivity contribution is -0.383. The summed E-state index contributed by atoms with van der Waals surface area (Å²) in [5.74, 6) is 0.